The van der Waals surface area contributed by atoms with Gasteiger partial charge in [-0.3, -0.25) is 18.6 Å². The number of phosphoric ester groups is 1. The summed E-state index contributed by atoms with van der Waals surface area (Å²) in [5.74, 6) is -1.08. The Labute approximate surface area is 376 Å². The Morgan fingerprint density at radius 1 is 0.435 bits per heavy atom. The van der Waals surface area contributed by atoms with Crippen LogP contribution < -0.4 is 0 Å². The molecule has 1 fully saturated rings. The lowest BCUT2D eigenvalue weighted by Crippen LogP contribution is -2.64. The van der Waals surface area contributed by atoms with Gasteiger partial charge in [-0.15, -0.1) is 0 Å². The van der Waals surface area contributed by atoms with Crippen LogP contribution in [-0.4, -0.2) is 98.3 Å². The number of esters is 2. The quantitative estimate of drug-likeness (QED) is 0.0191. The molecular weight excluding hydrogens is 815 g/mol. The molecule has 0 aromatic carbocycles. The summed E-state index contributed by atoms with van der Waals surface area (Å²) in [6.45, 7) is 3.31. The third kappa shape index (κ3) is 30.9. The SMILES string of the molecule is CCCCCCCCCCCCCCCCCCCCCCCCCC(=O)OC[C@@H](COP(=O)(O)OC1C(O)C(O)C(O)[C@H](O)C1O)OC(=O)CCCCCCCCCCCC. The molecule has 0 bridgehead atoms. The fourth-order valence-corrected chi connectivity index (χ4v) is 9.09. The molecule has 6 N–H and O–H groups in total. The molecule has 1 aliphatic carbocycles. The zero-order chi connectivity index (χ0) is 45.7. The maximum Gasteiger partial charge on any atom is 0.472 e. The summed E-state index contributed by atoms with van der Waals surface area (Å²) >= 11 is 0. The molecule has 0 amide bonds. The van der Waals surface area contributed by atoms with E-state index in [2.05, 4.69) is 13.8 Å². The van der Waals surface area contributed by atoms with Crippen molar-refractivity contribution in [1.29, 1.82) is 0 Å². The second kappa shape index (κ2) is 39.1. The largest absolute Gasteiger partial charge is 0.472 e. The lowest BCUT2D eigenvalue weighted by Gasteiger charge is -2.41. The van der Waals surface area contributed by atoms with E-state index in [1.807, 2.05) is 0 Å². The second-order valence-electron chi connectivity index (χ2n) is 18.0. The molecule has 8 atom stereocenters. The number of carbonyl (C=O) groups is 2. The molecule has 0 aliphatic heterocycles. The molecule has 0 radical (unpaired) electrons. The van der Waals surface area contributed by atoms with Gasteiger partial charge in [0, 0.05) is 12.8 Å². The van der Waals surface area contributed by atoms with E-state index in [4.69, 9.17) is 18.5 Å². The van der Waals surface area contributed by atoms with Crippen LogP contribution in [0.25, 0.3) is 0 Å². The molecule has 0 heterocycles. The highest BCUT2D eigenvalue weighted by atomic mass is 31.2. The molecule has 13 nitrogen and oxygen atoms in total. The van der Waals surface area contributed by atoms with Crippen molar-refractivity contribution >= 4 is 19.8 Å². The summed E-state index contributed by atoms with van der Waals surface area (Å²) < 4.78 is 33.5. The van der Waals surface area contributed by atoms with Crippen LogP contribution in [0, 0.1) is 0 Å². The Morgan fingerprint density at radius 2 is 0.726 bits per heavy atom. The van der Waals surface area contributed by atoms with Gasteiger partial charge in [0.2, 0.25) is 0 Å². The number of ether oxygens (including phenoxy) is 2. The number of unbranched alkanes of at least 4 members (excludes halogenated alkanes) is 31. The van der Waals surface area contributed by atoms with Crippen LogP contribution in [0.15, 0.2) is 0 Å². The topological polar surface area (TPSA) is 210 Å². The summed E-state index contributed by atoms with van der Waals surface area (Å²) in [7, 11) is -5.11. The Kier molecular flexibility index (Phi) is 37.1. The van der Waals surface area contributed by atoms with Crippen LogP contribution in [0.3, 0.4) is 0 Å². The fourth-order valence-electron chi connectivity index (χ4n) is 8.11. The van der Waals surface area contributed by atoms with Crippen LogP contribution in [0.5, 0.6) is 0 Å². The number of hydrogen-bond acceptors (Lipinski definition) is 12. The van der Waals surface area contributed by atoms with E-state index in [-0.39, 0.29) is 12.8 Å². The van der Waals surface area contributed by atoms with Crippen molar-refractivity contribution in [2.24, 2.45) is 0 Å². The first-order valence-corrected chi connectivity index (χ1v) is 26.8. The van der Waals surface area contributed by atoms with E-state index in [0.717, 1.165) is 44.9 Å². The molecule has 0 saturated heterocycles. The van der Waals surface area contributed by atoms with Crippen LogP contribution in [-0.2, 0) is 32.7 Å². The van der Waals surface area contributed by atoms with Crippen LogP contribution >= 0.6 is 7.82 Å². The average Bonchev–Trinajstić information content (AvgIpc) is 3.25. The molecule has 0 aromatic rings. The zero-order valence-electron chi connectivity index (χ0n) is 39.2. The Balaban J connectivity index is 2.30. The maximum atomic E-state index is 12.8. The molecule has 1 aliphatic rings. The monoisotopic (exact) mass is 909 g/mol. The van der Waals surface area contributed by atoms with Crippen LogP contribution in [0.4, 0.5) is 0 Å². The van der Waals surface area contributed by atoms with Gasteiger partial charge >= 0.3 is 19.8 Å². The van der Waals surface area contributed by atoms with Crippen molar-refractivity contribution in [3.05, 3.63) is 0 Å². The minimum Gasteiger partial charge on any atom is -0.462 e. The third-order valence-electron chi connectivity index (χ3n) is 12.2. The van der Waals surface area contributed by atoms with Crippen molar-refractivity contribution in [1.82, 2.24) is 0 Å². The van der Waals surface area contributed by atoms with Crippen LogP contribution in [0.1, 0.15) is 239 Å². The minimum atomic E-state index is -5.11. The van der Waals surface area contributed by atoms with Gasteiger partial charge in [0.05, 0.1) is 6.61 Å². The molecule has 0 aromatic heterocycles. The molecule has 14 heteroatoms. The van der Waals surface area contributed by atoms with Crippen molar-refractivity contribution in [3.63, 3.8) is 0 Å². The lowest BCUT2D eigenvalue weighted by molar-refractivity contribution is -0.220. The summed E-state index contributed by atoms with van der Waals surface area (Å²) in [4.78, 5) is 35.7. The van der Waals surface area contributed by atoms with E-state index in [0.29, 0.717) is 12.8 Å². The molecular formula is C48H93O13P. The predicted molar refractivity (Wildman–Crippen MR) is 244 cm³/mol. The zero-order valence-corrected chi connectivity index (χ0v) is 40.1. The molecule has 1 saturated carbocycles. The number of hydrogen-bond donors (Lipinski definition) is 6. The first-order chi connectivity index (χ1) is 29.9. The molecule has 62 heavy (non-hydrogen) atoms. The number of aliphatic hydroxyl groups excluding tert-OH is 5. The van der Waals surface area contributed by atoms with E-state index < -0.39 is 75.7 Å². The molecule has 0 spiro atoms. The van der Waals surface area contributed by atoms with E-state index >= 15 is 0 Å². The Bertz CT molecular complexity index is 1100. The van der Waals surface area contributed by atoms with E-state index in [1.54, 1.807) is 0 Å². The van der Waals surface area contributed by atoms with Crippen molar-refractivity contribution in [3.8, 4) is 0 Å². The maximum absolute atomic E-state index is 12.8. The van der Waals surface area contributed by atoms with Gasteiger partial charge in [0.25, 0.3) is 0 Å². The van der Waals surface area contributed by atoms with Gasteiger partial charge in [-0.2, -0.15) is 0 Å². The first kappa shape index (κ1) is 58.9. The molecule has 6 unspecified atom stereocenters. The number of carbonyl (C=O) groups excluding carboxylic acids is 2. The van der Waals surface area contributed by atoms with Crippen molar-refractivity contribution < 1.29 is 63.1 Å². The Hall–Kier alpha value is -1.15. The van der Waals surface area contributed by atoms with Gasteiger partial charge in [-0.1, -0.05) is 213 Å². The summed E-state index contributed by atoms with van der Waals surface area (Å²) in [5.41, 5.74) is 0. The lowest BCUT2D eigenvalue weighted by atomic mass is 9.85. The van der Waals surface area contributed by atoms with Gasteiger partial charge in [-0.25, -0.2) is 4.57 Å². The third-order valence-corrected chi connectivity index (χ3v) is 13.2. The predicted octanol–water partition coefficient (Wildman–Crippen LogP) is 10.5. The van der Waals surface area contributed by atoms with Crippen molar-refractivity contribution in [2.45, 2.75) is 281 Å². The van der Waals surface area contributed by atoms with Gasteiger partial charge in [0.1, 0.15) is 43.2 Å². The van der Waals surface area contributed by atoms with Gasteiger partial charge in [0.15, 0.2) is 6.10 Å². The number of phosphoric acid groups is 1. The minimum absolute atomic E-state index is 0.103. The van der Waals surface area contributed by atoms with Gasteiger partial charge < -0.3 is 39.9 Å². The van der Waals surface area contributed by atoms with E-state index in [9.17, 15) is 44.6 Å². The second-order valence-corrected chi connectivity index (χ2v) is 19.4. The van der Waals surface area contributed by atoms with Crippen LogP contribution in [0.2, 0.25) is 0 Å². The highest BCUT2D eigenvalue weighted by Crippen LogP contribution is 2.47. The van der Waals surface area contributed by atoms with E-state index in [1.165, 1.54) is 154 Å². The highest BCUT2D eigenvalue weighted by Gasteiger charge is 2.51. The summed E-state index contributed by atoms with van der Waals surface area (Å²) in [5, 5.41) is 50.1. The standard InChI is InChI=1S/C48H93O13P/c1-3-5-7-9-11-13-15-16-17-18-19-20-21-22-23-24-25-26-27-29-30-32-34-36-41(49)58-38-40(60-42(50)37-35-33-31-28-14-12-10-8-6-4-2)39-59-62(56,57)61-48-46(54)44(52)43(51)45(53)47(48)55/h40,43-48,51-55H,3-39H2,1-2H3,(H,56,57)/t40-,43?,44-,45?,46?,47?,48?/m0/s1. The Morgan fingerprint density at radius 3 is 1.06 bits per heavy atom. The number of rotatable bonds is 43. The summed E-state index contributed by atoms with van der Waals surface area (Å²) in [6.07, 6.45) is 27.5. The first-order valence-electron chi connectivity index (χ1n) is 25.3. The molecule has 1 rings (SSSR count). The molecule has 368 valence electrons. The average molecular weight is 909 g/mol. The summed E-state index contributed by atoms with van der Waals surface area (Å²) in [6, 6.07) is 0. The van der Waals surface area contributed by atoms with Gasteiger partial charge in [-0.05, 0) is 12.8 Å². The van der Waals surface area contributed by atoms with Crippen molar-refractivity contribution in [2.75, 3.05) is 13.2 Å². The highest BCUT2D eigenvalue weighted by molar-refractivity contribution is 7.47. The normalized spacial score (nSPS) is 21.7. The number of aliphatic hydroxyl groups is 5. The fraction of sp³-hybridized carbons (Fsp3) is 0.958. The smallest absolute Gasteiger partial charge is 0.462 e.